The number of rotatable bonds is 4. The molecule has 0 fully saturated rings. The highest BCUT2D eigenvalue weighted by molar-refractivity contribution is 5.39. The van der Waals surface area contributed by atoms with Gasteiger partial charge in [0.1, 0.15) is 11.5 Å². The highest BCUT2D eigenvalue weighted by Gasteiger charge is 2.05. The van der Waals surface area contributed by atoms with Crippen LogP contribution in [0.3, 0.4) is 0 Å². The number of aryl methyl sites for hydroxylation is 1. The average molecular weight is 240 g/mol. The summed E-state index contributed by atoms with van der Waals surface area (Å²) in [6.07, 6.45) is 10.1. The SMILES string of the molecule is CCCc1nccn1Cc1cn2ccccc2n1. The molecule has 0 aromatic carbocycles. The van der Waals surface area contributed by atoms with Crippen molar-refractivity contribution < 1.29 is 0 Å². The van der Waals surface area contributed by atoms with E-state index < -0.39 is 0 Å². The van der Waals surface area contributed by atoms with E-state index in [1.54, 1.807) is 0 Å². The summed E-state index contributed by atoms with van der Waals surface area (Å²) in [4.78, 5) is 8.99. The maximum atomic E-state index is 4.60. The Kier molecular flexibility index (Phi) is 2.84. The first-order valence-corrected chi connectivity index (χ1v) is 6.29. The van der Waals surface area contributed by atoms with E-state index in [2.05, 4.69) is 27.7 Å². The van der Waals surface area contributed by atoms with Crippen LogP contribution in [0.5, 0.6) is 0 Å². The van der Waals surface area contributed by atoms with Crippen molar-refractivity contribution in [3.8, 4) is 0 Å². The van der Waals surface area contributed by atoms with Crippen LogP contribution in [0.4, 0.5) is 0 Å². The van der Waals surface area contributed by atoms with E-state index in [0.29, 0.717) is 0 Å². The number of nitrogens with zero attached hydrogens (tertiary/aromatic N) is 4. The summed E-state index contributed by atoms with van der Waals surface area (Å²) < 4.78 is 4.22. The van der Waals surface area contributed by atoms with Crippen molar-refractivity contribution in [3.05, 3.63) is 54.5 Å². The molecular weight excluding hydrogens is 224 g/mol. The minimum Gasteiger partial charge on any atom is -0.329 e. The molecule has 0 bridgehead atoms. The molecule has 0 atom stereocenters. The second kappa shape index (κ2) is 4.64. The molecule has 3 aromatic rings. The topological polar surface area (TPSA) is 35.1 Å². The fraction of sp³-hybridized carbons (Fsp3) is 0.286. The minimum absolute atomic E-state index is 0.789. The van der Waals surface area contributed by atoms with Crippen LogP contribution in [0.2, 0.25) is 0 Å². The Morgan fingerprint density at radius 1 is 1.22 bits per heavy atom. The van der Waals surface area contributed by atoms with Crippen LogP contribution in [0.15, 0.2) is 43.0 Å². The molecule has 18 heavy (non-hydrogen) atoms. The highest BCUT2D eigenvalue weighted by atomic mass is 15.1. The maximum Gasteiger partial charge on any atom is 0.137 e. The Hall–Kier alpha value is -2.10. The molecule has 0 aliphatic carbocycles. The standard InChI is InChI=1S/C14H16N4/c1-2-5-13-15-7-9-18(13)11-12-10-17-8-4-3-6-14(17)16-12/h3-4,6-10H,2,5,11H2,1H3. The van der Waals surface area contributed by atoms with E-state index in [0.717, 1.165) is 36.6 Å². The van der Waals surface area contributed by atoms with Gasteiger partial charge in [0.05, 0.1) is 12.2 Å². The average Bonchev–Trinajstić information content (AvgIpc) is 2.97. The fourth-order valence-electron chi connectivity index (χ4n) is 2.17. The predicted molar refractivity (Wildman–Crippen MR) is 70.5 cm³/mol. The Balaban J connectivity index is 1.89. The lowest BCUT2D eigenvalue weighted by atomic mass is 10.3. The first-order chi connectivity index (χ1) is 8.86. The molecule has 92 valence electrons. The quantitative estimate of drug-likeness (QED) is 0.702. The zero-order chi connectivity index (χ0) is 12.4. The lowest BCUT2D eigenvalue weighted by Crippen LogP contribution is -2.04. The van der Waals surface area contributed by atoms with E-state index in [9.17, 15) is 0 Å². The van der Waals surface area contributed by atoms with Crippen molar-refractivity contribution in [1.29, 1.82) is 0 Å². The van der Waals surface area contributed by atoms with Crippen molar-refractivity contribution in [2.24, 2.45) is 0 Å². The molecule has 0 saturated carbocycles. The summed E-state index contributed by atoms with van der Waals surface area (Å²) in [5.74, 6) is 1.13. The lowest BCUT2D eigenvalue weighted by Gasteiger charge is -2.04. The van der Waals surface area contributed by atoms with E-state index in [4.69, 9.17) is 0 Å². The summed E-state index contributed by atoms with van der Waals surface area (Å²) in [6, 6.07) is 6.04. The zero-order valence-corrected chi connectivity index (χ0v) is 10.5. The Labute approximate surface area is 106 Å². The smallest absolute Gasteiger partial charge is 0.137 e. The molecule has 0 spiro atoms. The van der Waals surface area contributed by atoms with Gasteiger partial charge in [-0.2, -0.15) is 0 Å². The monoisotopic (exact) mass is 240 g/mol. The van der Waals surface area contributed by atoms with Gasteiger partial charge in [-0.05, 0) is 18.6 Å². The number of imidazole rings is 2. The Morgan fingerprint density at radius 2 is 2.17 bits per heavy atom. The third-order valence-electron chi connectivity index (χ3n) is 3.02. The third-order valence-corrected chi connectivity index (χ3v) is 3.02. The molecule has 0 radical (unpaired) electrons. The van der Waals surface area contributed by atoms with Crippen LogP contribution in [0, 0.1) is 0 Å². The molecule has 4 heteroatoms. The first-order valence-electron chi connectivity index (χ1n) is 6.29. The van der Waals surface area contributed by atoms with Crippen molar-refractivity contribution in [2.75, 3.05) is 0 Å². The van der Waals surface area contributed by atoms with Gasteiger partial charge in [0.2, 0.25) is 0 Å². The van der Waals surface area contributed by atoms with Crippen molar-refractivity contribution in [2.45, 2.75) is 26.3 Å². The predicted octanol–water partition coefficient (Wildman–Crippen LogP) is 2.53. The molecular formula is C14H16N4. The summed E-state index contributed by atoms with van der Waals surface area (Å²) in [7, 11) is 0. The van der Waals surface area contributed by atoms with Gasteiger partial charge in [0.15, 0.2) is 0 Å². The number of pyridine rings is 1. The Bertz CT molecular complexity index is 617. The van der Waals surface area contributed by atoms with Crippen molar-refractivity contribution in [1.82, 2.24) is 18.9 Å². The highest BCUT2D eigenvalue weighted by Crippen LogP contribution is 2.08. The minimum atomic E-state index is 0.789. The lowest BCUT2D eigenvalue weighted by molar-refractivity contribution is 0.696. The van der Waals surface area contributed by atoms with E-state index in [1.165, 1.54) is 0 Å². The van der Waals surface area contributed by atoms with E-state index in [-0.39, 0.29) is 0 Å². The summed E-state index contributed by atoms with van der Waals surface area (Å²) in [6.45, 7) is 2.96. The normalized spacial score (nSPS) is 11.2. The number of fused-ring (bicyclic) bond motifs is 1. The summed E-state index contributed by atoms with van der Waals surface area (Å²) in [5, 5.41) is 0. The molecule has 0 unspecified atom stereocenters. The molecule has 0 saturated heterocycles. The van der Waals surface area contributed by atoms with Crippen LogP contribution >= 0.6 is 0 Å². The van der Waals surface area contributed by atoms with Crippen LogP contribution in [0.1, 0.15) is 24.9 Å². The van der Waals surface area contributed by atoms with Crippen LogP contribution < -0.4 is 0 Å². The van der Waals surface area contributed by atoms with Crippen molar-refractivity contribution >= 4 is 5.65 Å². The van der Waals surface area contributed by atoms with E-state index >= 15 is 0 Å². The van der Waals surface area contributed by atoms with Crippen LogP contribution in [-0.4, -0.2) is 18.9 Å². The fourth-order valence-corrected chi connectivity index (χ4v) is 2.17. The number of hydrogen-bond donors (Lipinski definition) is 0. The van der Waals surface area contributed by atoms with E-state index in [1.807, 2.05) is 41.2 Å². The zero-order valence-electron chi connectivity index (χ0n) is 10.5. The second-order valence-electron chi connectivity index (χ2n) is 4.42. The van der Waals surface area contributed by atoms with Gasteiger partial charge in [-0.15, -0.1) is 0 Å². The molecule has 3 heterocycles. The molecule has 0 amide bonds. The summed E-state index contributed by atoms with van der Waals surface area (Å²) >= 11 is 0. The molecule has 0 aliphatic rings. The van der Waals surface area contributed by atoms with Gasteiger partial charge >= 0.3 is 0 Å². The molecule has 3 rings (SSSR count). The molecule has 0 aliphatic heterocycles. The first kappa shape index (κ1) is 11.0. The third kappa shape index (κ3) is 2.01. The number of aromatic nitrogens is 4. The van der Waals surface area contributed by atoms with Gasteiger partial charge in [0.25, 0.3) is 0 Å². The largest absolute Gasteiger partial charge is 0.329 e. The van der Waals surface area contributed by atoms with Gasteiger partial charge in [-0.1, -0.05) is 13.0 Å². The van der Waals surface area contributed by atoms with Gasteiger partial charge < -0.3 is 8.97 Å². The van der Waals surface area contributed by atoms with Gasteiger partial charge in [0, 0.05) is 31.2 Å². The van der Waals surface area contributed by atoms with Crippen LogP contribution in [-0.2, 0) is 13.0 Å². The maximum absolute atomic E-state index is 4.60. The van der Waals surface area contributed by atoms with Gasteiger partial charge in [-0.25, -0.2) is 9.97 Å². The van der Waals surface area contributed by atoms with Crippen LogP contribution in [0.25, 0.3) is 5.65 Å². The second-order valence-corrected chi connectivity index (χ2v) is 4.42. The van der Waals surface area contributed by atoms with Gasteiger partial charge in [-0.3, -0.25) is 0 Å². The van der Waals surface area contributed by atoms with Crippen molar-refractivity contribution in [3.63, 3.8) is 0 Å². The molecule has 0 N–H and O–H groups in total. The molecule has 3 aromatic heterocycles. The Morgan fingerprint density at radius 3 is 3.00 bits per heavy atom. The molecule has 4 nitrogen and oxygen atoms in total. The number of hydrogen-bond acceptors (Lipinski definition) is 2. The summed E-state index contributed by atoms with van der Waals surface area (Å²) in [5.41, 5.74) is 2.06.